The molecule has 1 aliphatic carbocycles. The molecule has 14 heteroatoms. The minimum atomic E-state index is -0.127. The minimum Gasteiger partial charge on any atom is -0.454 e. The molecule has 0 saturated heterocycles. The molecule has 1 aliphatic rings. The second kappa shape index (κ2) is 31.2. The second-order valence-corrected chi connectivity index (χ2v) is 40.0. The van der Waals surface area contributed by atoms with Crippen LogP contribution < -0.4 is 0 Å². The fourth-order valence-corrected chi connectivity index (χ4v) is 26.1. The van der Waals surface area contributed by atoms with Gasteiger partial charge in [-0.2, -0.15) is 0 Å². The summed E-state index contributed by atoms with van der Waals surface area (Å²) in [5.74, 6) is 2.19. The molecule has 10 nitrogen and oxygen atoms in total. The van der Waals surface area contributed by atoms with Crippen LogP contribution in [0.3, 0.4) is 0 Å². The van der Waals surface area contributed by atoms with Crippen molar-refractivity contribution in [2.24, 2.45) is 0 Å². The van der Waals surface area contributed by atoms with Crippen LogP contribution >= 0.6 is 45.3 Å². The maximum atomic E-state index is 6.57. The van der Waals surface area contributed by atoms with Crippen LogP contribution in [0.25, 0.3) is 265 Å². The van der Waals surface area contributed by atoms with E-state index in [0.29, 0.717) is 5.82 Å². The summed E-state index contributed by atoms with van der Waals surface area (Å²) in [5, 5.41) is 15.8. The topological polar surface area (TPSA) is 105 Å². The molecule has 18 aromatic carbocycles. The highest BCUT2D eigenvalue weighted by molar-refractivity contribution is 7.27. The zero-order valence-corrected chi connectivity index (χ0v) is 77.2. The van der Waals surface area contributed by atoms with E-state index in [0.717, 1.165) is 154 Å². The second-order valence-electron chi connectivity index (χ2n) is 35.7. The molecule has 0 saturated carbocycles. The maximum Gasteiger partial charge on any atom is 0.160 e. The first-order valence-corrected chi connectivity index (χ1v) is 49.4. The molecule has 0 aliphatic heterocycles. The van der Waals surface area contributed by atoms with Crippen molar-refractivity contribution >= 4 is 214 Å². The molecule has 0 N–H and O–H groups in total. The van der Waals surface area contributed by atoms with Gasteiger partial charge in [0.1, 0.15) is 5.58 Å². The quantitative estimate of drug-likeness (QED) is 0.142. The molecule has 0 amide bonds. The Labute approximate surface area is 800 Å². The molecule has 11 heterocycles. The van der Waals surface area contributed by atoms with E-state index in [1.54, 1.807) is 34.0 Å². The number of hydrogen-bond donors (Lipinski definition) is 0. The average molecular weight is 1820 g/mol. The smallest absolute Gasteiger partial charge is 0.160 e. The van der Waals surface area contributed by atoms with Crippen LogP contribution in [0.5, 0.6) is 0 Å². The van der Waals surface area contributed by atoms with E-state index in [4.69, 9.17) is 34.3 Å². The molecule has 0 radical (unpaired) electrons. The van der Waals surface area contributed by atoms with E-state index >= 15 is 0 Å². The van der Waals surface area contributed by atoms with Gasteiger partial charge in [0.2, 0.25) is 0 Å². The van der Waals surface area contributed by atoms with Gasteiger partial charge in [0.05, 0.1) is 85.5 Å². The number of para-hydroxylation sites is 4. The third-order valence-electron chi connectivity index (χ3n) is 27.6. The zero-order chi connectivity index (χ0) is 90.2. The summed E-state index contributed by atoms with van der Waals surface area (Å²) in [5.41, 5.74) is 29.7. The molecular formula is C123H75N9OS4. The van der Waals surface area contributed by atoms with Crippen LogP contribution in [0.2, 0.25) is 0 Å². The summed E-state index contributed by atoms with van der Waals surface area (Å²) in [6, 6.07) is 149. The molecule has 0 atom stereocenters. The molecule has 0 unspecified atom stereocenters. The van der Waals surface area contributed by atoms with Gasteiger partial charge in [0.15, 0.2) is 23.1 Å². The summed E-state index contributed by atoms with van der Waals surface area (Å²) < 4.78 is 23.4. The van der Waals surface area contributed by atoms with Crippen molar-refractivity contribution in [3.63, 3.8) is 0 Å². The zero-order valence-electron chi connectivity index (χ0n) is 73.9. The van der Waals surface area contributed by atoms with Crippen molar-refractivity contribution in [1.29, 1.82) is 0 Å². The molecule has 0 spiro atoms. The maximum absolute atomic E-state index is 6.57. The van der Waals surface area contributed by atoms with Crippen LogP contribution in [0.1, 0.15) is 25.0 Å². The summed E-state index contributed by atoms with van der Waals surface area (Å²) in [4.78, 5) is 31.3. The first kappa shape index (κ1) is 78.9. The third-order valence-corrected chi connectivity index (χ3v) is 32.3. The predicted molar refractivity (Wildman–Crippen MR) is 578 cm³/mol. The van der Waals surface area contributed by atoms with E-state index in [9.17, 15) is 0 Å². The van der Waals surface area contributed by atoms with Gasteiger partial charge in [-0.3, -0.25) is 0 Å². The van der Waals surface area contributed by atoms with E-state index in [-0.39, 0.29) is 5.41 Å². The number of nitrogens with zero attached hydrogens (tertiary/aromatic N) is 9. The van der Waals surface area contributed by atoms with Crippen LogP contribution in [0, 0.1) is 0 Å². The van der Waals surface area contributed by atoms with E-state index in [1.165, 1.54) is 116 Å². The van der Waals surface area contributed by atoms with Gasteiger partial charge in [-0.1, -0.05) is 329 Å². The minimum absolute atomic E-state index is 0.127. The van der Waals surface area contributed by atoms with Crippen molar-refractivity contribution in [2.75, 3.05) is 0 Å². The van der Waals surface area contributed by atoms with Gasteiger partial charge in [0, 0.05) is 145 Å². The molecule has 29 aromatic rings. The molecule has 30 rings (SSSR count). The van der Waals surface area contributed by atoms with Crippen LogP contribution in [0.15, 0.2) is 423 Å². The lowest BCUT2D eigenvalue weighted by molar-refractivity contribution is 0.664. The number of fused-ring (bicyclic) bond motifs is 30. The highest BCUT2D eigenvalue weighted by atomic mass is 32.1. The van der Waals surface area contributed by atoms with Gasteiger partial charge in [-0.05, 0) is 125 Å². The monoisotopic (exact) mass is 1820 g/mol. The number of rotatable bonds is 9. The van der Waals surface area contributed by atoms with Crippen molar-refractivity contribution in [3.8, 4) is 96.1 Å². The Bertz CT molecular complexity index is 9670. The number of furan rings is 1. The highest BCUT2D eigenvalue weighted by Crippen LogP contribution is 2.55. The number of aromatic nitrogens is 9. The fraction of sp³-hybridized carbons (Fsp3) is 0.0244. The SMILES string of the molecule is CC1(C)c2ccccc2-c2ccc3c4ccccc4n(-c4ccc(-c5nc(-c6ccccc6)c6sc7ccccc7c6n5)cc4)c3c21.c1ccc(-c2nc(-c3cccc(-n4c5ccccc5c5ccc6c7ccccc7oc6c54)c3)nc3c2sc2ccccc23)cc1.c1ccc(-c2nc(-c3cccc(-n4c5ccccc5c5ccc6c7ccccc7sc6c54)c3)nc3c2sc2ccccc23)cc1. The summed E-state index contributed by atoms with van der Waals surface area (Å²) in [6.45, 7) is 4.74. The Morgan fingerprint density at radius 3 is 1.11 bits per heavy atom. The standard InChI is InChI=1S/C43H29N3S.C40H23N3OS.C40H23N3S2/c1-43(2)34-17-9-6-14-29(34)31-24-25-32-30-15-7-10-18-35(30)46(40(32)37(31)43)28-22-20-27(21-23-28)42-44-38(26-12-4-3-5-13-26)41-39(45-42)33-16-8-11-19-36(33)47-41;2*1-2-11-24(12-3-1)35-39-36(31-17-6-9-20-34(31)45-39)42-40(41-35)25-13-10-14-26(23-25)43-32-18-7-4-15-27(32)29-21-22-30-28-16-5-8-19-33(28)44-38(30)37(29)43/h3-25H,1-2H3;2*1-23H. The fourth-order valence-electron chi connectivity index (χ4n) is 21.4. The van der Waals surface area contributed by atoms with Crippen molar-refractivity contribution in [2.45, 2.75) is 19.3 Å². The van der Waals surface area contributed by atoms with Crippen molar-refractivity contribution in [1.82, 2.24) is 43.6 Å². The Hall–Kier alpha value is -16.7. The number of hydrogen-bond acceptors (Lipinski definition) is 11. The first-order valence-electron chi connectivity index (χ1n) is 46.1. The molecule has 11 aromatic heterocycles. The Kier molecular flexibility index (Phi) is 18.0. The van der Waals surface area contributed by atoms with Gasteiger partial charge in [-0.15, -0.1) is 45.3 Å². The van der Waals surface area contributed by atoms with Crippen LogP contribution in [-0.2, 0) is 5.41 Å². The summed E-state index contributed by atoms with van der Waals surface area (Å²) >= 11 is 7.16. The van der Waals surface area contributed by atoms with Crippen molar-refractivity contribution in [3.05, 3.63) is 430 Å². The van der Waals surface area contributed by atoms with Crippen LogP contribution in [0.4, 0.5) is 0 Å². The first-order chi connectivity index (χ1) is 67.7. The van der Waals surface area contributed by atoms with Gasteiger partial charge < -0.3 is 18.1 Å². The average Bonchev–Trinajstić information content (AvgIpc) is 1.53. The Morgan fingerprint density at radius 2 is 0.599 bits per heavy atom. The molecule has 0 bridgehead atoms. The molecule has 0 fully saturated rings. The molecular weight excluding hydrogens is 1750 g/mol. The predicted octanol–water partition coefficient (Wildman–Crippen LogP) is 34.4. The lowest BCUT2D eigenvalue weighted by Crippen LogP contribution is -2.16. The summed E-state index contributed by atoms with van der Waals surface area (Å²) in [7, 11) is 0. The van der Waals surface area contributed by atoms with Gasteiger partial charge in [0.25, 0.3) is 0 Å². The third kappa shape index (κ3) is 12.4. The van der Waals surface area contributed by atoms with Gasteiger partial charge >= 0.3 is 0 Å². The lowest BCUT2D eigenvalue weighted by Gasteiger charge is -2.23. The Morgan fingerprint density at radius 1 is 0.234 bits per heavy atom. The van der Waals surface area contributed by atoms with E-state index in [2.05, 4.69) is 428 Å². The summed E-state index contributed by atoms with van der Waals surface area (Å²) in [6.07, 6.45) is 0. The molecule has 137 heavy (non-hydrogen) atoms. The van der Waals surface area contributed by atoms with Gasteiger partial charge in [-0.25, -0.2) is 29.9 Å². The number of thiophene rings is 4. The lowest BCUT2D eigenvalue weighted by atomic mass is 9.81. The molecule has 642 valence electrons. The Balaban J connectivity index is 0.000000102. The van der Waals surface area contributed by atoms with Crippen molar-refractivity contribution < 1.29 is 4.42 Å². The van der Waals surface area contributed by atoms with E-state index in [1.807, 2.05) is 29.5 Å². The van der Waals surface area contributed by atoms with E-state index < -0.39 is 0 Å². The number of benzene rings is 18. The largest absolute Gasteiger partial charge is 0.454 e. The van der Waals surface area contributed by atoms with Crippen LogP contribution in [-0.4, -0.2) is 43.6 Å². The highest BCUT2D eigenvalue weighted by Gasteiger charge is 2.39. The normalized spacial score (nSPS) is 12.5.